The van der Waals surface area contributed by atoms with E-state index in [0.717, 1.165) is 31.4 Å². The molecule has 1 aliphatic carbocycles. The molecule has 0 bridgehead atoms. The lowest BCUT2D eigenvalue weighted by Gasteiger charge is -2.38. The minimum atomic E-state index is -0.626. The first-order valence-corrected chi connectivity index (χ1v) is 6.17. The lowest BCUT2D eigenvalue weighted by molar-refractivity contribution is -0.385. The molecule has 2 rings (SSSR count). The van der Waals surface area contributed by atoms with Crippen LogP contribution in [0, 0.1) is 15.5 Å². The number of nitro benzene ring substituents is 1. The Morgan fingerprint density at radius 2 is 2.21 bits per heavy atom. The number of nitro groups is 1. The highest BCUT2D eigenvalue weighted by atomic mass is 16.6. The number of carbonyl (C=O) groups is 1. The van der Waals surface area contributed by atoms with Crippen molar-refractivity contribution in [3.8, 4) is 5.75 Å². The monoisotopic (exact) mass is 264 g/mol. The Kier molecular flexibility index (Phi) is 3.42. The second-order valence-electron chi connectivity index (χ2n) is 5.31. The number of hydrogen-bond acceptors (Lipinski definition) is 4. The summed E-state index contributed by atoms with van der Waals surface area (Å²) in [5, 5.41) is 22.9. The lowest BCUT2D eigenvalue weighted by Crippen LogP contribution is -2.40. The Bertz CT molecular complexity index is 523. The summed E-state index contributed by atoms with van der Waals surface area (Å²) < 4.78 is 0. The smallest absolute Gasteiger partial charge is 0.282 e. The van der Waals surface area contributed by atoms with Crippen LogP contribution in [-0.4, -0.2) is 22.5 Å². The van der Waals surface area contributed by atoms with Gasteiger partial charge in [0.25, 0.3) is 11.6 Å². The van der Waals surface area contributed by atoms with E-state index in [-0.39, 0.29) is 22.4 Å². The highest BCUT2D eigenvalue weighted by molar-refractivity contribution is 5.98. The van der Waals surface area contributed by atoms with E-state index in [0.29, 0.717) is 6.54 Å². The number of nitrogens with one attached hydrogen (secondary N) is 1. The number of rotatable bonds is 4. The van der Waals surface area contributed by atoms with Crippen molar-refractivity contribution in [2.75, 3.05) is 6.54 Å². The van der Waals surface area contributed by atoms with E-state index >= 15 is 0 Å². The highest BCUT2D eigenvalue weighted by Gasteiger charge is 2.32. The molecule has 1 saturated carbocycles. The highest BCUT2D eigenvalue weighted by Crippen LogP contribution is 2.39. The number of phenols is 1. The molecule has 1 aromatic carbocycles. The van der Waals surface area contributed by atoms with Gasteiger partial charge >= 0.3 is 0 Å². The van der Waals surface area contributed by atoms with Gasteiger partial charge in [-0.15, -0.1) is 0 Å². The number of nitrogens with zero attached hydrogens (tertiary/aromatic N) is 1. The number of phenolic OH excluding ortho intramolecular Hbond substituents is 1. The Hall–Kier alpha value is -2.11. The zero-order valence-electron chi connectivity index (χ0n) is 10.7. The van der Waals surface area contributed by atoms with Gasteiger partial charge in [-0.2, -0.15) is 0 Å². The number of benzene rings is 1. The molecule has 0 aromatic heterocycles. The molecule has 0 saturated heterocycles. The van der Waals surface area contributed by atoms with E-state index in [1.54, 1.807) is 0 Å². The van der Waals surface area contributed by atoms with Crippen LogP contribution in [0.4, 0.5) is 5.69 Å². The molecular formula is C13H16N2O4. The summed E-state index contributed by atoms with van der Waals surface area (Å²) in [5.41, 5.74) is -0.302. The largest absolute Gasteiger partial charge is 0.508 e. The quantitative estimate of drug-likeness (QED) is 0.644. The number of aromatic hydroxyl groups is 1. The van der Waals surface area contributed by atoms with Crippen molar-refractivity contribution in [1.29, 1.82) is 0 Å². The third-order valence-corrected chi connectivity index (χ3v) is 3.66. The van der Waals surface area contributed by atoms with Crippen LogP contribution >= 0.6 is 0 Å². The van der Waals surface area contributed by atoms with Gasteiger partial charge in [-0.25, -0.2) is 0 Å². The van der Waals surface area contributed by atoms with E-state index in [1.807, 2.05) is 0 Å². The van der Waals surface area contributed by atoms with Gasteiger partial charge < -0.3 is 10.4 Å². The molecule has 0 radical (unpaired) electrons. The summed E-state index contributed by atoms with van der Waals surface area (Å²) in [5.74, 6) is -0.679. The Balaban J connectivity index is 2.13. The van der Waals surface area contributed by atoms with Crippen LogP contribution in [0.3, 0.4) is 0 Å². The average molecular weight is 264 g/mol. The topological polar surface area (TPSA) is 92.5 Å². The van der Waals surface area contributed by atoms with E-state index < -0.39 is 10.8 Å². The van der Waals surface area contributed by atoms with Crippen LogP contribution in [0.2, 0.25) is 0 Å². The summed E-state index contributed by atoms with van der Waals surface area (Å²) in [6.45, 7) is 2.58. The molecule has 1 fully saturated rings. The van der Waals surface area contributed by atoms with Gasteiger partial charge in [0, 0.05) is 12.6 Å². The molecule has 1 aromatic rings. The maximum Gasteiger partial charge on any atom is 0.282 e. The second-order valence-corrected chi connectivity index (χ2v) is 5.31. The molecule has 0 atom stereocenters. The van der Waals surface area contributed by atoms with Gasteiger partial charge in [0.05, 0.1) is 4.92 Å². The Labute approximate surface area is 110 Å². The molecule has 2 N–H and O–H groups in total. The molecule has 19 heavy (non-hydrogen) atoms. The molecule has 0 unspecified atom stereocenters. The van der Waals surface area contributed by atoms with Crippen molar-refractivity contribution < 1.29 is 14.8 Å². The normalized spacial score (nSPS) is 16.5. The van der Waals surface area contributed by atoms with Crippen molar-refractivity contribution in [2.45, 2.75) is 26.2 Å². The van der Waals surface area contributed by atoms with Crippen LogP contribution in [0.25, 0.3) is 0 Å². The Morgan fingerprint density at radius 1 is 1.53 bits per heavy atom. The summed E-state index contributed by atoms with van der Waals surface area (Å²) in [7, 11) is 0. The van der Waals surface area contributed by atoms with Crippen LogP contribution in [0.15, 0.2) is 18.2 Å². The third kappa shape index (κ3) is 2.83. The molecular weight excluding hydrogens is 248 g/mol. The fourth-order valence-corrected chi connectivity index (χ4v) is 2.21. The summed E-state index contributed by atoms with van der Waals surface area (Å²) in [6, 6.07) is 3.45. The lowest BCUT2D eigenvalue weighted by atomic mass is 9.70. The fraction of sp³-hybridized carbons (Fsp3) is 0.462. The van der Waals surface area contributed by atoms with Crippen molar-refractivity contribution in [3.05, 3.63) is 33.9 Å². The van der Waals surface area contributed by atoms with Gasteiger partial charge in [0.15, 0.2) is 0 Å². The molecule has 1 aliphatic rings. The first-order valence-electron chi connectivity index (χ1n) is 6.17. The van der Waals surface area contributed by atoms with Crippen LogP contribution < -0.4 is 5.32 Å². The van der Waals surface area contributed by atoms with Crippen LogP contribution in [0.5, 0.6) is 5.75 Å². The van der Waals surface area contributed by atoms with Crippen LogP contribution in [0.1, 0.15) is 36.5 Å². The van der Waals surface area contributed by atoms with Gasteiger partial charge in [0.1, 0.15) is 11.3 Å². The standard InChI is InChI=1S/C13H16N2O4/c1-13(5-2-6-13)8-14-12(17)10-7-9(16)3-4-11(10)15(18)19/h3-4,7,16H,2,5-6,8H2,1H3,(H,14,17). The first kappa shape index (κ1) is 13.3. The number of carbonyl (C=O) groups excluding carboxylic acids is 1. The number of amides is 1. The molecule has 0 aliphatic heterocycles. The van der Waals surface area contributed by atoms with Crippen molar-refractivity contribution in [2.24, 2.45) is 5.41 Å². The molecule has 1 amide bonds. The Morgan fingerprint density at radius 3 is 2.74 bits per heavy atom. The molecule has 6 nitrogen and oxygen atoms in total. The summed E-state index contributed by atoms with van der Waals surface area (Å²) in [4.78, 5) is 22.2. The van der Waals surface area contributed by atoms with E-state index in [9.17, 15) is 20.0 Å². The molecule has 0 heterocycles. The van der Waals surface area contributed by atoms with Crippen LogP contribution in [-0.2, 0) is 0 Å². The third-order valence-electron chi connectivity index (χ3n) is 3.66. The zero-order chi connectivity index (χ0) is 14.0. The van der Waals surface area contributed by atoms with Gasteiger partial charge in [-0.3, -0.25) is 14.9 Å². The predicted octanol–water partition coefficient (Wildman–Crippen LogP) is 2.22. The minimum Gasteiger partial charge on any atom is -0.508 e. The SMILES string of the molecule is CC1(CNC(=O)c2cc(O)ccc2[N+](=O)[O-])CCC1. The minimum absolute atomic E-state index is 0.0985. The molecule has 0 spiro atoms. The van der Waals surface area contributed by atoms with E-state index in [1.165, 1.54) is 6.07 Å². The van der Waals surface area contributed by atoms with Gasteiger partial charge in [-0.05, 0) is 30.4 Å². The van der Waals surface area contributed by atoms with Crippen molar-refractivity contribution in [1.82, 2.24) is 5.32 Å². The second kappa shape index (κ2) is 4.87. The molecule has 102 valence electrons. The van der Waals surface area contributed by atoms with Gasteiger partial charge in [0.2, 0.25) is 0 Å². The molecule has 6 heteroatoms. The first-order chi connectivity index (χ1) is 8.91. The van der Waals surface area contributed by atoms with Crippen molar-refractivity contribution in [3.63, 3.8) is 0 Å². The summed E-state index contributed by atoms with van der Waals surface area (Å²) in [6.07, 6.45) is 3.25. The maximum atomic E-state index is 12.0. The predicted molar refractivity (Wildman–Crippen MR) is 69.1 cm³/mol. The summed E-state index contributed by atoms with van der Waals surface area (Å²) >= 11 is 0. The number of hydrogen-bond donors (Lipinski definition) is 2. The van der Waals surface area contributed by atoms with Crippen molar-refractivity contribution >= 4 is 11.6 Å². The average Bonchev–Trinajstić information content (AvgIpc) is 2.33. The van der Waals surface area contributed by atoms with E-state index in [4.69, 9.17) is 0 Å². The van der Waals surface area contributed by atoms with Gasteiger partial charge in [-0.1, -0.05) is 13.3 Å². The maximum absolute atomic E-state index is 12.0. The fourth-order valence-electron chi connectivity index (χ4n) is 2.21. The zero-order valence-corrected chi connectivity index (χ0v) is 10.7. The van der Waals surface area contributed by atoms with E-state index in [2.05, 4.69) is 12.2 Å².